The Morgan fingerprint density at radius 3 is 3.09 bits per heavy atom. The summed E-state index contributed by atoms with van der Waals surface area (Å²) < 4.78 is 10.1. The van der Waals surface area contributed by atoms with E-state index in [4.69, 9.17) is 9.47 Å². The average molecular weight is 223 g/mol. The highest BCUT2D eigenvalue weighted by atomic mass is 79.9. The lowest BCUT2D eigenvalue weighted by molar-refractivity contribution is -0.143. The van der Waals surface area contributed by atoms with Gasteiger partial charge in [-0.2, -0.15) is 0 Å². The van der Waals surface area contributed by atoms with Gasteiger partial charge in [0.1, 0.15) is 11.9 Å². The van der Waals surface area contributed by atoms with E-state index in [9.17, 15) is 4.79 Å². The largest absolute Gasteiger partial charge is 0.462 e. The van der Waals surface area contributed by atoms with Crippen LogP contribution in [0.25, 0.3) is 0 Å². The number of carbonyl (C=O) groups excluding carboxylic acids is 1. The topological polar surface area (TPSA) is 35.5 Å². The van der Waals surface area contributed by atoms with Crippen molar-refractivity contribution in [3.63, 3.8) is 0 Å². The molecule has 1 fully saturated rings. The molecule has 64 valence electrons. The summed E-state index contributed by atoms with van der Waals surface area (Å²) in [5.41, 5.74) is 0. The molecule has 1 aliphatic heterocycles. The Labute approximate surface area is 74.2 Å². The molecule has 0 aromatic carbocycles. The molecule has 0 spiro atoms. The summed E-state index contributed by atoms with van der Waals surface area (Å²) in [4.78, 5) is 10.6. The van der Waals surface area contributed by atoms with Gasteiger partial charge in [0.2, 0.25) is 0 Å². The van der Waals surface area contributed by atoms with Crippen molar-refractivity contribution in [2.45, 2.75) is 18.9 Å². The van der Waals surface area contributed by atoms with Crippen LogP contribution in [0.5, 0.6) is 0 Å². The van der Waals surface area contributed by atoms with Gasteiger partial charge in [0.05, 0.1) is 6.10 Å². The zero-order valence-corrected chi connectivity index (χ0v) is 7.80. The molecule has 1 rings (SSSR count). The van der Waals surface area contributed by atoms with Crippen LogP contribution in [0, 0.1) is 0 Å². The molecule has 1 heterocycles. The molecule has 0 aliphatic carbocycles. The Balaban J connectivity index is 2.06. The molecule has 3 nitrogen and oxygen atoms in total. The van der Waals surface area contributed by atoms with Crippen LogP contribution in [0.2, 0.25) is 0 Å². The number of halogens is 1. The summed E-state index contributed by atoms with van der Waals surface area (Å²) >= 11 is 3.01. The van der Waals surface area contributed by atoms with E-state index in [1.54, 1.807) is 0 Å². The molecule has 0 aromatic rings. The van der Waals surface area contributed by atoms with E-state index in [1.165, 1.54) is 0 Å². The smallest absolute Gasteiger partial charge is 0.316 e. The zero-order chi connectivity index (χ0) is 8.10. The van der Waals surface area contributed by atoms with E-state index < -0.39 is 0 Å². The fourth-order valence-electron chi connectivity index (χ4n) is 1.00. The highest BCUT2D eigenvalue weighted by Crippen LogP contribution is 2.11. The summed E-state index contributed by atoms with van der Waals surface area (Å²) in [5, 5.41) is 0.264. The predicted molar refractivity (Wildman–Crippen MR) is 43.7 cm³/mol. The fraction of sp³-hybridized carbons (Fsp3) is 0.857. The van der Waals surface area contributed by atoms with Gasteiger partial charge in [0.25, 0.3) is 0 Å². The summed E-state index contributed by atoms with van der Waals surface area (Å²) in [6.07, 6.45) is 2.23. The van der Waals surface area contributed by atoms with Gasteiger partial charge in [-0.25, -0.2) is 0 Å². The van der Waals surface area contributed by atoms with Gasteiger partial charge in [0.15, 0.2) is 0 Å². The van der Waals surface area contributed by atoms with Crippen LogP contribution in [0.4, 0.5) is 0 Å². The fourth-order valence-corrected chi connectivity index (χ4v) is 1.16. The van der Waals surface area contributed by atoms with Gasteiger partial charge < -0.3 is 9.47 Å². The molecule has 4 heteroatoms. The van der Waals surface area contributed by atoms with E-state index in [-0.39, 0.29) is 17.4 Å². The van der Waals surface area contributed by atoms with Gasteiger partial charge >= 0.3 is 5.97 Å². The van der Waals surface area contributed by atoms with Crippen molar-refractivity contribution in [3.8, 4) is 0 Å². The van der Waals surface area contributed by atoms with Gasteiger partial charge in [-0.1, -0.05) is 15.9 Å². The second kappa shape index (κ2) is 4.72. The summed E-state index contributed by atoms with van der Waals surface area (Å²) in [6.45, 7) is 1.21. The molecule has 0 N–H and O–H groups in total. The quantitative estimate of drug-likeness (QED) is 0.531. The van der Waals surface area contributed by atoms with Crippen molar-refractivity contribution in [1.29, 1.82) is 0 Å². The van der Waals surface area contributed by atoms with E-state index in [0.717, 1.165) is 19.4 Å². The molecule has 0 radical (unpaired) electrons. The minimum Gasteiger partial charge on any atom is -0.462 e. The Hall–Kier alpha value is -0.0900. The Morgan fingerprint density at radius 1 is 1.73 bits per heavy atom. The lowest BCUT2D eigenvalue weighted by Gasteiger charge is -2.08. The van der Waals surface area contributed by atoms with E-state index in [0.29, 0.717) is 6.61 Å². The molecule has 0 saturated carbocycles. The van der Waals surface area contributed by atoms with Crippen LogP contribution in [-0.2, 0) is 14.3 Å². The van der Waals surface area contributed by atoms with E-state index >= 15 is 0 Å². The maximum atomic E-state index is 10.6. The third-order valence-electron chi connectivity index (χ3n) is 1.56. The molecular formula is C7H11BrO3. The summed E-state index contributed by atoms with van der Waals surface area (Å²) in [7, 11) is 0. The van der Waals surface area contributed by atoms with Gasteiger partial charge in [-0.3, -0.25) is 4.79 Å². The summed E-state index contributed by atoms with van der Waals surface area (Å²) in [5.74, 6) is -0.222. The lowest BCUT2D eigenvalue weighted by Crippen LogP contribution is -2.18. The minimum absolute atomic E-state index is 0.137. The molecule has 0 unspecified atom stereocenters. The molecule has 11 heavy (non-hydrogen) atoms. The van der Waals surface area contributed by atoms with Gasteiger partial charge in [-0.15, -0.1) is 0 Å². The monoisotopic (exact) mass is 222 g/mol. The van der Waals surface area contributed by atoms with Crippen molar-refractivity contribution in [2.75, 3.05) is 18.5 Å². The van der Waals surface area contributed by atoms with Crippen molar-refractivity contribution in [3.05, 3.63) is 0 Å². The van der Waals surface area contributed by atoms with Gasteiger partial charge in [-0.05, 0) is 12.8 Å². The standard InChI is InChI=1S/C7H11BrO3/c8-4-7(9)11-5-6-2-1-3-10-6/h6H,1-5H2/t6-/m1/s1. The van der Waals surface area contributed by atoms with Crippen molar-refractivity contribution in [2.24, 2.45) is 0 Å². The average Bonchev–Trinajstić information content (AvgIpc) is 2.52. The number of carbonyl (C=O) groups is 1. The Morgan fingerprint density at radius 2 is 2.55 bits per heavy atom. The molecule has 1 aliphatic rings. The first-order chi connectivity index (χ1) is 5.33. The van der Waals surface area contributed by atoms with Crippen molar-refractivity contribution >= 4 is 21.9 Å². The normalized spacial score (nSPS) is 23.5. The molecule has 1 saturated heterocycles. The number of rotatable bonds is 3. The number of alkyl halides is 1. The van der Waals surface area contributed by atoms with Crippen LogP contribution in [0.3, 0.4) is 0 Å². The number of hydrogen-bond acceptors (Lipinski definition) is 3. The lowest BCUT2D eigenvalue weighted by atomic mass is 10.2. The van der Waals surface area contributed by atoms with Gasteiger partial charge in [0, 0.05) is 6.61 Å². The number of ether oxygens (including phenoxy) is 2. The molecule has 1 atom stereocenters. The molecule has 0 bridgehead atoms. The Kier molecular flexibility index (Phi) is 3.86. The first kappa shape index (κ1) is 9.00. The van der Waals surface area contributed by atoms with Crippen LogP contribution in [-0.4, -0.2) is 30.6 Å². The van der Waals surface area contributed by atoms with Crippen LogP contribution >= 0.6 is 15.9 Å². The highest BCUT2D eigenvalue weighted by Gasteiger charge is 2.16. The maximum absolute atomic E-state index is 10.6. The van der Waals surface area contributed by atoms with E-state index in [1.807, 2.05) is 0 Å². The first-order valence-electron chi connectivity index (χ1n) is 3.66. The highest BCUT2D eigenvalue weighted by molar-refractivity contribution is 9.09. The SMILES string of the molecule is O=C(CBr)OC[C@H]1CCCO1. The second-order valence-corrected chi connectivity index (χ2v) is 3.01. The van der Waals surface area contributed by atoms with Crippen LogP contribution < -0.4 is 0 Å². The van der Waals surface area contributed by atoms with Crippen LogP contribution in [0.15, 0.2) is 0 Å². The number of hydrogen-bond donors (Lipinski definition) is 0. The van der Waals surface area contributed by atoms with E-state index in [2.05, 4.69) is 15.9 Å². The summed E-state index contributed by atoms with van der Waals surface area (Å²) in [6, 6.07) is 0. The maximum Gasteiger partial charge on any atom is 0.316 e. The number of esters is 1. The second-order valence-electron chi connectivity index (χ2n) is 2.45. The molecular weight excluding hydrogens is 212 g/mol. The van der Waals surface area contributed by atoms with Crippen LogP contribution in [0.1, 0.15) is 12.8 Å². The predicted octanol–water partition coefficient (Wildman–Crippen LogP) is 1.10. The Bertz CT molecular complexity index is 132. The molecule has 0 aromatic heterocycles. The van der Waals surface area contributed by atoms with Crippen molar-refractivity contribution in [1.82, 2.24) is 0 Å². The van der Waals surface area contributed by atoms with Crippen molar-refractivity contribution < 1.29 is 14.3 Å². The first-order valence-corrected chi connectivity index (χ1v) is 4.78. The molecule has 0 amide bonds. The third-order valence-corrected chi connectivity index (χ3v) is 2.02. The minimum atomic E-state index is -0.222. The zero-order valence-electron chi connectivity index (χ0n) is 6.22. The third kappa shape index (κ3) is 3.20.